The minimum atomic E-state index is -0.742. The van der Waals surface area contributed by atoms with Gasteiger partial charge in [-0.3, -0.25) is 4.79 Å². The number of carbonyl (C=O) groups is 2. The van der Waals surface area contributed by atoms with Gasteiger partial charge in [-0.1, -0.05) is 6.07 Å². The maximum absolute atomic E-state index is 12.2. The molecule has 0 saturated carbocycles. The van der Waals surface area contributed by atoms with Gasteiger partial charge in [0.25, 0.3) is 0 Å². The largest absolute Gasteiger partial charge is 0.493 e. The van der Waals surface area contributed by atoms with Gasteiger partial charge in [0.15, 0.2) is 18.1 Å². The van der Waals surface area contributed by atoms with E-state index in [-0.39, 0.29) is 23.6 Å². The second kappa shape index (κ2) is 8.70. The molecule has 1 N–H and O–H groups in total. The van der Waals surface area contributed by atoms with Crippen LogP contribution < -0.4 is 14.8 Å². The van der Waals surface area contributed by atoms with E-state index in [1.807, 2.05) is 17.5 Å². The maximum Gasteiger partial charge on any atom is 0.341 e. The summed E-state index contributed by atoms with van der Waals surface area (Å²) in [5.41, 5.74) is 0.301. The summed E-state index contributed by atoms with van der Waals surface area (Å²) >= 11 is 1.46. The van der Waals surface area contributed by atoms with Gasteiger partial charge in [-0.05, 0) is 11.4 Å². The van der Waals surface area contributed by atoms with Crippen LogP contribution in [0.1, 0.15) is 15.2 Å². The fourth-order valence-electron chi connectivity index (χ4n) is 2.09. The SMILES string of the molecule is COc1cc(NC(=O)Cc2cccs2)c(C(=O)OCC#N)cc1OC. The third kappa shape index (κ3) is 4.71. The predicted molar refractivity (Wildman–Crippen MR) is 92.1 cm³/mol. The monoisotopic (exact) mass is 360 g/mol. The van der Waals surface area contributed by atoms with Crippen LogP contribution in [0.3, 0.4) is 0 Å². The number of benzene rings is 1. The topological polar surface area (TPSA) is 97.6 Å². The quantitative estimate of drug-likeness (QED) is 0.762. The number of carbonyl (C=O) groups excluding carboxylic acids is 2. The summed E-state index contributed by atoms with van der Waals surface area (Å²) in [5, 5.41) is 13.1. The lowest BCUT2D eigenvalue weighted by atomic mass is 10.1. The van der Waals surface area contributed by atoms with Crippen LogP contribution in [0, 0.1) is 11.3 Å². The Morgan fingerprint density at radius 3 is 2.56 bits per heavy atom. The molecule has 0 radical (unpaired) electrons. The molecule has 8 heteroatoms. The molecule has 0 aliphatic carbocycles. The molecule has 0 aliphatic rings. The van der Waals surface area contributed by atoms with E-state index in [1.54, 1.807) is 6.07 Å². The van der Waals surface area contributed by atoms with E-state index < -0.39 is 12.6 Å². The van der Waals surface area contributed by atoms with Crippen LogP contribution in [0.2, 0.25) is 0 Å². The molecule has 0 unspecified atom stereocenters. The molecule has 0 fully saturated rings. The third-order valence-corrected chi connectivity index (χ3v) is 4.08. The Morgan fingerprint density at radius 1 is 1.24 bits per heavy atom. The average Bonchev–Trinajstić information content (AvgIpc) is 3.11. The maximum atomic E-state index is 12.2. The number of nitriles is 1. The Balaban J connectivity index is 2.30. The van der Waals surface area contributed by atoms with Gasteiger partial charge in [0, 0.05) is 17.0 Å². The Hall–Kier alpha value is -3.05. The van der Waals surface area contributed by atoms with Crippen molar-refractivity contribution in [1.29, 1.82) is 5.26 Å². The molecule has 1 amide bonds. The number of rotatable bonds is 7. The number of thiophene rings is 1. The fourth-order valence-corrected chi connectivity index (χ4v) is 2.80. The zero-order valence-corrected chi connectivity index (χ0v) is 14.5. The minimum Gasteiger partial charge on any atom is -0.493 e. The van der Waals surface area contributed by atoms with Gasteiger partial charge in [-0.25, -0.2) is 4.79 Å². The van der Waals surface area contributed by atoms with Crippen LogP contribution in [-0.2, 0) is 16.0 Å². The number of anilines is 1. The number of nitrogens with zero attached hydrogens (tertiary/aromatic N) is 1. The number of hydrogen-bond donors (Lipinski definition) is 1. The lowest BCUT2D eigenvalue weighted by Crippen LogP contribution is -2.17. The van der Waals surface area contributed by atoms with E-state index in [1.165, 1.54) is 37.7 Å². The summed E-state index contributed by atoms with van der Waals surface area (Å²) in [6, 6.07) is 8.31. The first-order valence-corrected chi connectivity index (χ1v) is 8.09. The number of hydrogen-bond acceptors (Lipinski definition) is 7. The zero-order chi connectivity index (χ0) is 18.2. The van der Waals surface area contributed by atoms with Crippen molar-refractivity contribution in [3.05, 3.63) is 40.1 Å². The van der Waals surface area contributed by atoms with E-state index in [4.69, 9.17) is 19.5 Å². The lowest BCUT2D eigenvalue weighted by molar-refractivity contribution is -0.115. The number of methoxy groups -OCH3 is 2. The second-order valence-electron chi connectivity index (χ2n) is 4.79. The summed E-state index contributed by atoms with van der Waals surface area (Å²) in [4.78, 5) is 25.3. The van der Waals surface area contributed by atoms with Gasteiger partial charge in [-0.15, -0.1) is 11.3 Å². The minimum absolute atomic E-state index is 0.0763. The first-order valence-electron chi connectivity index (χ1n) is 7.21. The highest BCUT2D eigenvalue weighted by atomic mass is 32.1. The molecule has 7 nitrogen and oxygen atoms in total. The molecule has 2 aromatic rings. The Labute approximate surface area is 148 Å². The highest BCUT2D eigenvalue weighted by Crippen LogP contribution is 2.34. The number of ether oxygens (including phenoxy) is 3. The summed E-state index contributed by atoms with van der Waals surface area (Å²) in [5.74, 6) is -0.369. The molecule has 0 aliphatic heterocycles. The first-order chi connectivity index (χ1) is 12.1. The molecule has 0 spiro atoms. The van der Waals surface area contributed by atoms with Gasteiger partial charge >= 0.3 is 5.97 Å². The number of amides is 1. The molecule has 0 bridgehead atoms. The van der Waals surface area contributed by atoms with E-state index >= 15 is 0 Å². The van der Waals surface area contributed by atoms with Gasteiger partial charge in [0.05, 0.1) is 31.9 Å². The fraction of sp³-hybridized carbons (Fsp3) is 0.235. The van der Waals surface area contributed by atoms with E-state index in [0.717, 1.165) is 4.88 Å². The summed E-state index contributed by atoms with van der Waals surface area (Å²) in [7, 11) is 2.88. The highest BCUT2D eigenvalue weighted by Gasteiger charge is 2.20. The first kappa shape index (κ1) is 18.3. The Morgan fingerprint density at radius 2 is 1.96 bits per heavy atom. The van der Waals surface area contributed by atoms with Gasteiger partial charge < -0.3 is 19.5 Å². The van der Waals surface area contributed by atoms with E-state index in [9.17, 15) is 9.59 Å². The Kier molecular flexibility index (Phi) is 6.37. The van der Waals surface area contributed by atoms with Crippen LogP contribution in [-0.4, -0.2) is 32.7 Å². The smallest absolute Gasteiger partial charge is 0.341 e. The van der Waals surface area contributed by atoms with Crippen molar-refractivity contribution >= 4 is 28.9 Å². The van der Waals surface area contributed by atoms with Gasteiger partial charge in [-0.2, -0.15) is 5.26 Å². The van der Waals surface area contributed by atoms with Crippen molar-refractivity contribution in [3.63, 3.8) is 0 Å². The lowest BCUT2D eigenvalue weighted by Gasteiger charge is -2.14. The molecule has 0 atom stereocenters. The van der Waals surface area contributed by atoms with Crippen molar-refractivity contribution < 1.29 is 23.8 Å². The van der Waals surface area contributed by atoms with Crippen LogP contribution in [0.5, 0.6) is 11.5 Å². The third-order valence-electron chi connectivity index (χ3n) is 3.20. The molecule has 2 rings (SSSR count). The molecule has 25 heavy (non-hydrogen) atoms. The van der Waals surface area contributed by atoms with Crippen LogP contribution in [0.15, 0.2) is 29.6 Å². The molecule has 1 aromatic carbocycles. The van der Waals surface area contributed by atoms with Crippen molar-refractivity contribution in [2.75, 3.05) is 26.1 Å². The predicted octanol–water partition coefficient (Wildman–Crippen LogP) is 2.63. The molecule has 1 aromatic heterocycles. The van der Waals surface area contributed by atoms with E-state index in [0.29, 0.717) is 11.5 Å². The summed E-state index contributed by atoms with van der Waals surface area (Å²) < 4.78 is 15.2. The molecule has 130 valence electrons. The molecule has 1 heterocycles. The van der Waals surface area contributed by atoms with Gasteiger partial charge in [0.1, 0.15) is 6.07 Å². The zero-order valence-electron chi connectivity index (χ0n) is 13.7. The van der Waals surface area contributed by atoms with Crippen molar-refractivity contribution in [3.8, 4) is 17.6 Å². The van der Waals surface area contributed by atoms with Crippen molar-refractivity contribution in [1.82, 2.24) is 0 Å². The van der Waals surface area contributed by atoms with E-state index in [2.05, 4.69) is 5.32 Å². The molecule has 0 saturated heterocycles. The van der Waals surface area contributed by atoms with Crippen molar-refractivity contribution in [2.24, 2.45) is 0 Å². The van der Waals surface area contributed by atoms with Crippen LogP contribution in [0.4, 0.5) is 5.69 Å². The van der Waals surface area contributed by atoms with Crippen LogP contribution >= 0.6 is 11.3 Å². The highest BCUT2D eigenvalue weighted by molar-refractivity contribution is 7.10. The van der Waals surface area contributed by atoms with Crippen LogP contribution in [0.25, 0.3) is 0 Å². The Bertz CT molecular complexity index is 796. The summed E-state index contributed by atoms with van der Waals surface area (Å²) in [6.07, 6.45) is 0.179. The number of esters is 1. The normalized spacial score (nSPS) is 9.80. The van der Waals surface area contributed by atoms with Gasteiger partial charge in [0.2, 0.25) is 5.91 Å². The second-order valence-corrected chi connectivity index (χ2v) is 5.82. The molecular weight excluding hydrogens is 344 g/mol. The van der Waals surface area contributed by atoms with Crippen molar-refractivity contribution in [2.45, 2.75) is 6.42 Å². The average molecular weight is 360 g/mol. The number of nitrogens with one attached hydrogen (secondary N) is 1. The molecular formula is C17H16N2O5S. The standard InChI is InChI=1S/C17H16N2O5S/c1-22-14-9-12(17(21)24-6-5-18)13(10-15(14)23-2)19-16(20)8-11-4-3-7-25-11/h3-4,7,9-10H,6,8H2,1-2H3,(H,19,20). The summed E-state index contributed by atoms with van der Waals surface area (Å²) in [6.45, 7) is -0.393.